The Hall–Kier alpha value is -1.65. The first-order chi connectivity index (χ1) is 17.5. The average Bonchev–Trinajstić information content (AvgIpc) is 3.24. The van der Waals surface area contributed by atoms with Gasteiger partial charge in [0, 0.05) is 62.4 Å². The quantitative estimate of drug-likeness (QED) is 0.274. The predicted octanol–water partition coefficient (Wildman–Crippen LogP) is 5.42. The lowest BCUT2D eigenvalue weighted by atomic mass is 9.97. The summed E-state index contributed by atoms with van der Waals surface area (Å²) in [5.41, 5.74) is 5.43. The highest BCUT2D eigenvalue weighted by molar-refractivity contribution is 7.80. The first kappa shape index (κ1) is 26.0. The molecule has 0 radical (unpaired) electrons. The lowest BCUT2D eigenvalue weighted by Gasteiger charge is -2.31. The zero-order chi connectivity index (χ0) is 25.1. The van der Waals surface area contributed by atoms with Gasteiger partial charge >= 0.3 is 0 Å². The number of aliphatic hydroxyl groups is 2. The first-order valence-corrected chi connectivity index (χ1v) is 15.3. The molecule has 3 heterocycles. The van der Waals surface area contributed by atoms with Crippen molar-refractivity contribution in [2.75, 3.05) is 26.2 Å². The second-order valence-electron chi connectivity index (χ2n) is 10.1. The van der Waals surface area contributed by atoms with Crippen LogP contribution in [-0.2, 0) is 19.5 Å². The van der Waals surface area contributed by atoms with Crippen LogP contribution in [0.5, 0.6) is 5.75 Å². The van der Waals surface area contributed by atoms with Gasteiger partial charge in [-0.15, -0.1) is 0 Å². The summed E-state index contributed by atoms with van der Waals surface area (Å²) in [7, 11) is 3.38. The van der Waals surface area contributed by atoms with Crippen LogP contribution >= 0.6 is 32.9 Å². The van der Waals surface area contributed by atoms with Crippen molar-refractivity contribution in [3.63, 3.8) is 0 Å². The molecule has 0 amide bonds. The molecular formula is C28H34N2O3S3. The second-order valence-corrected chi connectivity index (χ2v) is 12.9. The van der Waals surface area contributed by atoms with Crippen LogP contribution in [0.1, 0.15) is 47.9 Å². The van der Waals surface area contributed by atoms with Gasteiger partial charge in [-0.05, 0) is 48.9 Å². The Morgan fingerprint density at radius 1 is 0.806 bits per heavy atom. The molecule has 2 aliphatic heterocycles. The lowest BCUT2D eigenvalue weighted by Crippen LogP contribution is -2.36. The van der Waals surface area contributed by atoms with Crippen molar-refractivity contribution in [3.05, 3.63) is 68.5 Å². The SMILES string of the molecule is Oc1c(CN2CCC(O)CC2)cc(-c2ssc(=S)c2Cc2ccccc2)cc1CN1CCC(O)CC1. The van der Waals surface area contributed by atoms with Crippen molar-refractivity contribution >= 4 is 32.9 Å². The Morgan fingerprint density at radius 3 is 1.86 bits per heavy atom. The first-order valence-electron chi connectivity index (χ1n) is 12.8. The van der Waals surface area contributed by atoms with Gasteiger partial charge in [0.1, 0.15) is 9.57 Å². The van der Waals surface area contributed by atoms with Crippen LogP contribution in [0.2, 0.25) is 0 Å². The average molecular weight is 543 g/mol. The Labute approximate surface area is 225 Å². The van der Waals surface area contributed by atoms with E-state index in [4.69, 9.17) is 12.2 Å². The molecule has 0 unspecified atom stereocenters. The zero-order valence-electron chi connectivity index (χ0n) is 20.4. The van der Waals surface area contributed by atoms with Gasteiger partial charge in [0.05, 0.1) is 17.1 Å². The number of phenolic OH excluding ortho intramolecular Hbond substituents is 1. The van der Waals surface area contributed by atoms with E-state index in [0.29, 0.717) is 18.8 Å². The number of nitrogens with zero attached hydrogens (tertiary/aromatic N) is 2. The van der Waals surface area contributed by atoms with E-state index in [1.54, 1.807) is 20.7 Å². The molecule has 3 aromatic rings. The van der Waals surface area contributed by atoms with Gasteiger partial charge in [0.15, 0.2) is 0 Å². The van der Waals surface area contributed by atoms with Crippen LogP contribution in [-0.4, -0.2) is 63.5 Å². The number of benzene rings is 2. The van der Waals surface area contributed by atoms with E-state index in [2.05, 4.69) is 46.2 Å². The largest absolute Gasteiger partial charge is 0.507 e. The molecule has 2 saturated heterocycles. The monoisotopic (exact) mass is 542 g/mol. The number of piperidine rings is 2. The van der Waals surface area contributed by atoms with Crippen LogP contribution in [0.25, 0.3) is 10.4 Å². The molecule has 5 nitrogen and oxygen atoms in total. The van der Waals surface area contributed by atoms with Crippen molar-refractivity contribution < 1.29 is 15.3 Å². The van der Waals surface area contributed by atoms with E-state index in [0.717, 1.165) is 78.8 Å². The van der Waals surface area contributed by atoms with E-state index in [9.17, 15) is 15.3 Å². The molecule has 192 valence electrons. The summed E-state index contributed by atoms with van der Waals surface area (Å²) < 4.78 is 0.935. The summed E-state index contributed by atoms with van der Waals surface area (Å²) >= 11 is 5.76. The molecule has 1 aromatic heterocycles. The van der Waals surface area contributed by atoms with Crippen LogP contribution in [0.4, 0.5) is 0 Å². The van der Waals surface area contributed by atoms with Crippen LogP contribution in [0.3, 0.4) is 0 Å². The lowest BCUT2D eigenvalue weighted by molar-refractivity contribution is 0.0779. The predicted molar refractivity (Wildman–Crippen MR) is 150 cm³/mol. The summed E-state index contributed by atoms with van der Waals surface area (Å²) in [6, 6.07) is 14.7. The highest BCUT2D eigenvalue weighted by atomic mass is 32.9. The molecule has 36 heavy (non-hydrogen) atoms. The minimum absolute atomic E-state index is 0.218. The molecule has 3 N–H and O–H groups in total. The highest BCUT2D eigenvalue weighted by Gasteiger charge is 2.23. The van der Waals surface area contributed by atoms with Gasteiger partial charge in [-0.2, -0.15) is 0 Å². The summed E-state index contributed by atoms with van der Waals surface area (Å²) in [5, 5.41) is 31.2. The maximum absolute atomic E-state index is 11.4. The molecule has 0 saturated carbocycles. The van der Waals surface area contributed by atoms with E-state index in [1.165, 1.54) is 16.0 Å². The molecule has 8 heteroatoms. The fourth-order valence-corrected chi connectivity index (χ4v) is 8.12. The summed E-state index contributed by atoms with van der Waals surface area (Å²) in [6.07, 6.45) is 3.46. The number of likely N-dealkylation sites (tertiary alicyclic amines) is 2. The summed E-state index contributed by atoms with van der Waals surface area (Å²) in [5.74, 6) is 0.374. The van der Waals surface area contributed by atoms with Gasteiger partial charge in [-0.1, -0.05) is 63.2 Å². The van der Waals surface area contributed by atoms with Gasteiger partial charge < -0.3 is 15.3 Å². The Morgan fingerprint density at radius 2 is 1.33 bits per heavy atom. The van der Waals surface area contributed by atoms with Crippen molar-refractivity contribution in [3.8, 4) is 16.2 Å². The third-order valence-corrected chi connectivity index (χ3v) is 10.6. The van der Waals surface area contributed by atoms with Crippen molar-refractivity contribution in [2.24, 2.45) is 0 Å². The smallest absolute Gasteiger partial charge is 0.124 e. The molecule has 0 bridgehead atoms. The van der Waals surface area contributed by atoms with Gasteiger partial charge in [-0.25, -0.2) is 0 Å². The van der Waals surface area contributed by atoms with Gasteiger partial charge in [0.2, 0.25) is 0 Å². The topological polar surface area (TPSA) is 67.2 Å². The van der Waals surface area contributed by atoms with Crippen LogP contribution in [0.15, 0.2) is 42.5 Å². The fourth-order valence-electron chi connectivity index (χ4n) is 5.22. The normalized spacial score (nSPS) is 18.6. The van der Waals surface area contributed by atoms with E-state index >= 15 is 0 Å². The fraction of sp³-hybridized carbons (Fsp3) is 0.464. The van der Waals surface area contributed by atoms with Crippen LogP contribution in [0, 0.1) is 3.82 Å². The minimum atomic E-state index is -0.218. The molecule has 0 atom stereocenters. The third kappa shape index (κ3) is 6.25. The third-order valence-electron chi connectivity index (χ3n) is 7.38. The molecule has 2 aliphatic rings. The molecule has 5 rings (SSSR count). The maximum atomic E-state index is 11.4. The number of aliphatic hydroxyl groups excluding tert-OH is 2. The zero-order valence-corrected chi connectivity index (χ0v) is 22.9. The number of aromatic hydroxyl groups is 1. The van der Waals surface area contributed by atoms with Crippen molar-refractivity contribution in [1.82, 2.24) is 9.80 Å². The van der Waals surface area contributed by atoms with Crippen molar-refractivity contribution in [1.29, 1.82) is 0 Å². The number of hydrogen-bond donors (Lipinski definition) is 3. The molecular weight excluding hydrogens is 509 g/mol. The number of rotatable bonds is 7. The standard InChI is InChI=1S/C28H34N2O3S3/c31-23-6-10-29(11-7-23)17-21-15-20(16-22(26(21)33)18-30-12-8-24(32)9-13-30)27-25(28(34)36-35-27)14-19-4-2-1-3-5-19/h1-5,15-16,23-24,31-33H,6-14,17-18H2. The van der Waals surface area contributed by atoms with Gasteiger partial charge in [0.25, 0.3) is 0 Å². The van der Waals surface area contributed by atoms with E-state index in [-0.39, 0.29) is 12.2 Å². The second kappa shape index (κ2) is 11.8. The van der Waals surface area contributed by atoms with E-state index < -0.39 is 0 Å². The van der Waals surface area contributed by atoms with Gasteiger partial charge in [-0.3, -0.25) is 9.80 Å². The molecule has 2 aromatic carbocycles. The van der Waals surface area contributed by atoms with Crippen LogP contribution < -0.4 is 0 Å². The minimum Gasteiger partial charge on any atom is -0.507 e. The summed E-state index contributed by atoms with van der Waals surface area (Å²) in [6.45, 7) is 4.67. The van der Waals surface area contributed by atoms with Crippen molar-refractivity contribution in [2.45, 2.75) is 57.4 Å². The Kier molecular flexibility index (Phi) is 8.53. The number of phenols is 1. The summed E-state index contributed by atoms with van der Waals surface area (Å²) in [4.78, 5) is 5.85. The highest BCUT2D eigenvalue weighted by Crippen LogP contribution is 2.40. The number of hydrogen-bond acceptors (Lipinski definition) is 8. The van der Waals surface area contributed by atoms with E-state index in [1.807, 2.05) is 6.07 Å². The Bertz CT molecular complexity index is 1170. The molecule has 2 fully saturated rings. The molecule has 0 aliphatic carbocycles. The molecule has 0 spiro atoms. The Balaban J connectivity index is 1.49. The maximum Gasteiger partial charge on any atom is 0.124 e.